The molecule has 11 heteroatoms. The van der Waals surface area contributed by atoms with E-state index >= 15 is 0 Å². The molecule has 3 rings (SSSR count). The number of thiocarbonyl (C=S) groups is 1. The predicted octanol–water partition coefficient (Wildman–Crippen LogP) is 4.30. The number of aromatic nitrogens is 1. The number of anilines is 2. The lowest BCUT2D eigenvalue weighted by atomic mass is 10.1. The van der Waals surface area contributed by atoms with E-state index in [0.29, 0.717) is 11.3 Å². The van der Waals surface area contributed by atoms with E-state index in [1.165, 1.54) is 53.6 Å². The summed E-state index contributed by atoms with van der Waals surface area (Å²) >= 11 is 5.07. The number of benzene rings is 2. The van der Waals surface area contributed by atoms with Crippen molar-refractivity contribution in [3.8, 4) is 11.5 Å². The fraction of sp³-hybridized carbons (Fsp3) is 0.130. The van der Waals surface area contributed by atoms with Crippen LogP contribution in [-0.4, -0.2) is 41.0 Å². The molecule has 0 aliphatic heterocycles. The highest BCUT2D eigenvalue weighted by Gasteiger charge is 2.11. The van der Waals surface area contributed by atoms with Crippen molar-refractivity contribution in [1.29, 1.82) is 0 Å². The molecule has 0 saturated heterocycles. The van der Waals surface area contributed by atoms with Gasteiger partial charge in [0.15, 0.2) is 5.11 Å². The van der Waals surface area contributed by atoms with Gasteiger partial charge in [0.2, 0.25) is 5.91 Å². The minimum Gasteiger partial charge on any atom is -0.457 e. The summed E-state index contributed by atoms with van der Waals surface area (Å²) in [4.78, 5) is 29.2. The van der Waals surface area contributed by atoms with Crippen LogP contribution in [0.15, 0.2) is 60.8 Å². The number of pyridine rings is 1. The van der Waals surface area contributed by atoms with Gasteiger partial charge in [0, 0.05) is 32.4 Å². The number of nitrogens with zero attached hydrogens (tertiary/aromatic N) is 2. The van der Waals surface area contributed by atoms with E-state index in [9.17, 15) is 18.4 Å². The van der Waals surface area contributed by atoms with Crippen LogP contribution in [0.4, 0.5) is 25.1 Å². The summed E-state index contributed by atoms with van der Waals surface area (Å²) in [5.74, 6) is -0.679. The molecule has 0 spiro atoms. The second kappa shape index (κ2) is 11.1. The molecule has 3 N–H and O–H groups in total. The maximum atomic E-state index is 14.6. The van der Waals surface area contributed by atoms with Crippen molar-refractivity contribution in [2.24, 2.45) is 0 Å². The highest BCUT2D eigenvalue weighted by molar-refractivity contribution is 7.80. The van der Waals surface area contributed by atoms with Gasteiger partial charge in [-0.3, -0.25) is 10.1 Å². The Kier molecular flexibility index (Phi) is 8.04. The van der Waals surface area contributed by atoms with Crippen LogP contribution in [0.25, 0.3) is 0 Å². The Balaban J connectivity index is 1.57. The lowest BCUT2D eigenvalue weighted by Crippen LogP contribution is -2.35. The van der Waals surface area contributed by atoms with Crippen LogP contribution in [0.1, 0.15) is 5.56 Å². The van der Waals surface area contributed by atoms with E-state index < -0.39 is 17.5 Å². The number of urea groups is 1. The molecule has 0 fully saturated rings. The van der Waals surface area contributed by atoms with Gasteiger partial charge >= 0.3 is 6.03 Å². The zero-order chi connectivity index (χ0) is 24.7. The van der Waals surface area contributed by atoms with Gasteiger partial charge in [-0.1, -0.05) is 12.1 Å². The van der Waals surface area contributed by atoms with Crippen LogP contribution in [0, 0.1) is 11.6 Å². The molecule has 8 nitrogen and oxygen atoms in total. The summed E-state index contributed by atoms with van der Waals surface area (Å²) in [6.45, 7) is 0. The van der Waals surface area contributed by atoms with Crippen molar-refractivity contribution in [1.82, 2.24) is 15.2 Å². The SMILES string of the molecule is CN(C)C(=O)Nc1cc(Oc2ccc(NC(=S)NC(=O)Cc3ccc(F)cc3)c(F)c2)ccn1. The highest BCUT2D eigenvalue weighted by atomic mass is 32.1. The predicted molar refractivity (Wildman–Crippen MR) is 128 cm³/mol. The molecule has 3 amide bonds. The molecule has 0 radical (unpaired) electrons. The van der Waals surface area contributed by atoms with Crippen molar-refractivity contribution < 1.29 is 23.1 Å². The van der Waals surface area contributed by atoms with Gasteiger partial charge < -0.3 is 20.3 Å². The van der Waals surface area contributed by atoms with Crippen LogP contribution in [0.3, 0.4) is 0 Å². The Morgan fingerprint density at radius 3 is 2.38 bits per heavy atom. The lowest BCUT2D eigenvalue weighted by Gasteiger charge is -2.13. The summed E-state index contributed by atoms with van der Waals surface area (Å²) < 4.78 is 33.1. The number of halogens is 2. The van der Waals surface area contributed by atoms with Gasteiger partial charge in [0.25, 0.3) is 0 Å². The number of rotatable bonds is 6. The Morgan fingerprint density at radius 2 is 1.71 bits per heavy atom. The first kappa shape index (κ1) is 24.5. The van der Waals surface area contributed by atoms with Crippen LogP contribution in [0.2, 0.25) is 0 Å². The van der Waals surface area contributed by atoms with Crippen molar-refractivity contribution in [2.45, 2.75) is 6.42 Å². The summed E-state index contributed by atoms with van der Waals surface area (Å²) in [6.07, 6.45) is 1.43. The molecule has 2 aromatic carbocycles. The van der Waals surface area contributed by atoms with E-state index in [1.807, 2.05) is 0 Å². The molecule has 0 saturated carbocycles. The van der Waals surface area contributed by atoms with Crippen LogP contribution >= 0.6 is 12.2 Å². The topological polar surface area (TPSA) is 95.6 Å². The van der Waals surface area contributed by atoms with Crippen molar-refractivity contribution in [2.75, 3.05) is 24.7 Å². The number of nitrogens with one attached hydrogen (secondary N) is 3. The van der Waals surface area contributed by atoms with Gasteiger partial charge in [0.1, 0.15) is 29.0 Å². The molecule has 176 valence electrons. The number of carbonyl (C=O) groups is 2. The molecule has 34 heavy (non-hydrogen) atoms. The van der Waals surface area contributed by atoms with E-state index in [-0.39, 0.29) is 34.8 Å². The third kappa shape index (κ3) is 7.20. The van der Waals surface area contributed by atoms with E-state index in [0.717, 1.165) is 6.07 Å². The molecule has 0 aliphatic rings. The fourth-order valence-electron chi connectivity index (χ4n) is 2.67. The zero-order valence-electron chi connectivity index (χ0n) is 18.3. The van der Waals surface area contributed by atoms with Crippen LogP contribution in [-0.2, 0) is 11.2 Å². The van der Waals surface area contributed by atoms with Gasteiger partial charge in [-0.2, -0.15) is 0 Å². The number of ether oxygens (including phenoxy) is 1. The molecule has 0 bridgehead atoms. The monoisotopic (exact) mass is 485 g/mol. The number of hydrogen-bond donors (Lipinski definition) is 3. The second-order valence-corrected chi connectivity index (χ2v) is 7.66. The number of carbonyl (C=O) groups excluding carboxylic acids is 2. The van der Waals surface area contributed by atoms with Crippen molar-refractivity contribution in [3.63, 3.8) is 0 Å². The molecule has 0 atom stereocenters. The number of amides is 3. The molecule has 1 aromatic heterocycles. The van der Waals surface area contributed by atoms with E-state index in [1.54, 1.807) is 20.2 Å². The summed E-state index contributed by atoms with van der Waals surface area (Å²) in [6, 6.07) is 12.2. The third-order valence-corrected chi connectivity index (χ3v) is 4.53. The van der Waals surface area contributed by atoms with Crippen LogP contribution < -0.4 is 20.7 Å². The molecule has 0 aliphatic carbocycles. The molecule has 3 aromatic rings. The molecular weight excluding hydrogens is 464 g/mol. The maximum absolute atomic E-state index is 14.6. The first-order valence-corrected chi connectivity index (χ1v) is 10.4. The fourth-order valence-corrected chi connectivity index (χ4v) is 2.90. The average molecular weight is 486 g/mol. The normalized spacial score (nSPS) is 10.2. The van der Waals surface area contributed by atoms with Crippen molar-refractivity contribution >= 4 is 40.8 Å². The Bertz CT molecular complexity index is 1210. The smallest absolute Gasteiger partial charge is 0.322 e. The Hall–Kier alpha value is -4.12. The summed E-state index contributed by atoms with van der Waals surface area (Å²) in [7, 11) is 3.19. The van der Waals surface area contributed by atoms with Gasteiger partial charge in [-0.15, -0.1) is 0 Å². The van der Waals surface area contributed by atoms with Crippen LogP contribution in [0.5, 0.6) is 11.5 Å². The van der Waals surface area contributed by atoms with Gasteiger partial charge in [-0.25, -0.2) is 18.6 Å². The Morgan fingerprint density at radius 1 is 1.00 bits per heavy atom. The molecular formula is C23H21F2N5O3S. The largest absolute Gasteiger partial charge is 0.457 e. The van der Waals surface area contributed by atoms with E-state index in [2.05, 4.69) is 20.9 Å². The minimum absolute atomic E-state index is 0.0136. The third-order valence-electron chi connectivity index (χ3n) is 4.33. The van der Waals surface area contributed by atoms with Gasteiger partial charge in [0.05, 0.1) is 12.1 Å². The second-order valence-electron chi connectivity index (χ2n) is 7.25. The maximum Gasteiger partial charge on any atom is 0.322 e. The van der Waals surface area contributed by atoms with E-state index in [4.69, 9.17) is 17.0 Å². The molecule has 1 heterocycles. The quantitative estimate of drug-likeness (QED) is 0.451. The first-order valence-electron chi connectivity index (χ1n) is 9.96. The standard InChI is InChI=1S/C23H21F2N5O3S/c1-30(2)23(32)28-20-13-17(9-10-26-20)33-16-7-8-19(18(25)12-16)27-22(34)29-21(31)11-14-3-5-15(24)6-4-14/h3-10,12-13H,11H2,1-2H3,(H,26,28,32)(H2,27,29,31,34). The number of hydrogen-bond acceptors (Lipinski definition) is 5. The first-order chi connectivity index (χ1) is 16.2. The Labute approximate surface area is 199 Å². The average Bonchev–Trinajstić information content (AvgIpc) is 2.77. The lowest BCUT2D eigenvalue weighted by molar-refractivity contribution is -0.119. The summed E-state index contributed by atoms with van der Waals surface area (Å²) in [5.41, 5.74) is 0.642. The molecule has 0 unspecified atom stereocenters. The van der Waals surface area contributed by atoms with Crippen molar-refractivity contribution in [3.05, 3.63) is 78.0 Å². The highest BCUT2D eigenvalue weighted by Crippen LogP contribution is 2.26. The minimum atomic E-state index is -0.664. The zero-order valence-corrected chi connectivity index (χ0v) is 19.1. The van der Waals surface area contributed by atoms with Gasteiger partial charge in [-0.05, 0) is 48.1 Å². The summed E-state index contributed by atoms with van der Waals surface area (Å²) in [5, 5.41) is 7.56.